The third-order valence-corrected chi connectivity index (χ3v) is 4.58. The number of carbonyl (C=O) groups is 4. The Morgan fingerprint density at radius 1 is 0.878 bits per heavy atom. The van der Waals surface area contributed by atoms with E-state index in [1.807, 2.05) is 0 Å². The Balaban J connectivity index is 0.000000447. The molecule has 0 bridgehead atoms. The predicted octanol–water partition coefficient (Wildman–Crippen LogP) is 3.92. The van der Waals surface area contributed by atoms with Gasteiger partial charge >= 0.3 is 24.1 Å². The molecule has 41 heavy (non-hydrogen) atoms. The van der Waals surface area contributed by atoms with Crippen molar-refractivity contribution in [3.8, 4) is 0 Å². The molecular weight excluding hydrogens is 536 g/mol. The molecule has 0 saturated heterocycles. The van der Waals surface area contributed by atoms with E-state index < -0.39 is 42.3 Å². The monoisotopic (exact) mass is 583 g/mol. The van der Waals surface area contributed by atoms with Crippen LogP contribution in [0, 0.1) is 0 Å². The number of amides is 2. The molecule has 0 unspecified atom stereocenters. The second kappa shape index (κ2) is 15.1. The first-order chi connectivity index (χ1) is 20.1. The van der Waals surface area contributed by atoms with Crippen LogP contribution in [0.1, 0.15) is 91.9 Å². The van der Waals surface area contributed by atoms with Crippen LogP contribution in [-0.4, -0.2) is 92.4 Å². The molecule has 14 nitrogen and oxygen atoms in total. The largest absolute Gasteiger partial charge is 0.461 e. The predicted molar refractivity (Wildman–Crippen MR) is 149 cm³/mol. The van der Waals surface area contributed by atoms with E-state index >= 15 is 0 Å². The van der Waals surface area contributed by atoms with Crippen molar-refractivity contribution in [2.75, 3.05) is 27.3 Å². The lowest BCUT2D eigenvalue weighted by molar-refractivity contribution is 0.0273. The van der Waals surface area contributed by atoms with Gasteiger partial charge in [-0.1, -0.05) is 0 Å². The van der Waals surface area contributed by atoms with E-state index in [0.29, 0.717) is 17.0 Å². The lowest BCUT2D eigenvalue weighted by Crippen LogP contribution is -2.33. The minimum atomic E-state index is -2.63. The second-order valence-corrected chi connectivity index (χ2v) is 10.8. The van der Waals surface area contributed by atoms with Crippen LogP contribution in [0.25, 0.3) is 0 Å². The summed E-state index contributed by atoms with van der Waals surface area (Å²) in [6.45, 7) is 12.0. The van der Waals surface area contributed by atoms with Gasteiger partial charge in [-0.2, -0.15) is 10.2 Å². The van der Waals surface area contributed by atoms with Crippen LogP contribution in [0.3, 0.4) is 0 Å². The van der Waals surface area contributed by atoms with Crippen molar-refractivity contribution < 1.29 is 42.2 Å². The van der Waals surface area contributed by atoms with E-state index in [9.17, 15) is 19.2 Å². The SMILES string of the molecule is CCOC(=O)c1cc(CN(C)C(=O)OC(C)(C)C)[nH]n1.[2H]C([2H])([2H])n1nc(CN(C)C(=O)OC(C)(C)C)cc1C(=O)OCC. The average molecular weight is 584 g/mol. The highest BCUT2D eigenvalue weighted by Crippen LogP contribution is 2.13. The van der Waals surface area contributed by atoms with Gasteiger partial charge in [-0.05, 0) is 67.5 Å². The summed E-state index contributed by atoms with van der Waals surface area (Å²) in [6, 6.07) is 2.85. The maximum absolute atomic E-state index is 12.0. The van der Waals surface area contributed by atoms with Gasteiger partial charge in [0.15, 0.2) is 5.69 Å². The molecule has 0 atom stereocenters. The number of nitrogens with one attached hydrogen (secondary N) is 1. The van der Waals surface area contributed by atoms with E-state index in [1.54, 1.807) is 68.5 Å². The first-order valence-corrected chi connectivity index (χ1v) is 12.9. The van der Waals surface area contributed by atoms with Crippen molar-refractivity contribution in [3.63, 3.8) is 0 Å². The van der Waals surface area contributed by atoms with E-state index in [4.69, 9.17) is 23.1 Å². The van der Waals surface area contributed by atoms with Gasteiger partial charge in [0.05, 0.1) is 37.7 Å². The number of hydrogen-bond acceptors (Lipinski definition) is 10. The van der Waals surface area contributed by atoms with Crippen LogP contribution in [-0.2, 0) is 39.0 Å². The summed E-state index contributed by atoms with van der Waals surface area (Å²) in [6.07, 6.45) is -1.02. The fourth-order valence-corrected chi connectivity index (χ4v) is 2.92. The molecule has 0 aliphatic carbocycles. The number of carbonyl (C=O) groups excluding carboxylic acids is 4. The summed E-state index contributed by atoms with van der Waals surface area (Å²) >= 11 is 0. The number of aryl methyl sites for hydroxylation is 1. The van der Waals surface area contributed by atoms with Crippen molar-refractivity contribution in [2.24, 2.45) is 6.98 Å². The third kappa shape index (κ3) is 12.7. The van der Waals surface area contributed by atoms with E-state index in [2.05, 4.69) is 15.3 Å². The summed E-state index contributed by atoms with van der Waals surface area (Å²) < 4.78 is 43.1. The fourth-order valence-electron chi connectivity index (χ4n) is 2.92. The normalized spacial score (nSPS) is 12.5. The van der Waals surface area contributed by atoms with E-state index in [0.717, 1.165) is 0 Å². The number of ether oxygens (including phenoxy) is 4. The highest BCUT2D eigenvalue weighted by molar-refractivity contribution is 5.88. The number of rotatable bonds is 8. The Bertz CT molecular complexity index is 1280. The third-order valence-electron chi connectivity index (χ3n) is 4.58. The summed E-state index contributed by atoms with van der Waals surface area (Å²) in [4.78, 5) is 49.7. The molecular formula is C27H44N6O8. The van der Waals surface area contributed by atoms with Crippen molar-refractivity contribution in [1.82, 2.24) is 29.8 Å². The lowest BCUT2D eigenvalue weighted by atomic mass is 10.2. The van der Waals surface area contributed by atoms with Gasteiger partial charge in [-0.25, -0.2) is 19.2 Å². The van der Waals surface area contributed by atoms with Crippen LogP contribution in [0.5, 0.6) is 0 Å². The number of hydrogen-bond donors (Lipinski definition) is 1. The molecule has 2 aromatic rings. The molecule has 230 valence electrons. The van der Waals surface area contributed by atoms with Gasteiger partial charge < -0.3 is 28.7 Å². The van der Waals surface area contributed by atoms with Gasteiger partial charge in [0.2, 0.25) is 0 Å². The molecule has 2 heterocycles. The van der Waals surface area contributed by atoms with Crippen LogP contribution in [0.15, 0.2) is 12.1 Å². The van der Waals surface area contributed by atoms with Crippen molar-refractivity contribution in [1.29, 1.82) is 0 Å². The van der Waals surface area contributed by atoms with Gasteiger partial charge in [-0.15, -0.1) is 0 Å². The zero-order valence-corrected chi connectivity index (χ0v) is 25.5. The highest BCUT2D eigenvalue weighted by Gasteiger charge is 2.22. The molecule has 0 aliphatic rings. The van der Waals surface area contributed by atoms with Crippen LogP contribution < -0.4 is 0 Å². The Labute approximate surface area is 245 Å². The lowest BCUT2D eigenvalue weighted by Gasteiger charge is -2.24. The van der Waals surface area contributed by atoms with Crippen molar-refractivity contribution in [2.45, 2.75) is 79.7 Å². The van der Waals surface area contributed by atoms with Gasteiger partial charge in [0.25, 0.3) is 0 Å². The molecule has 0 aromatic carbocycles. The smallest absolute Gasteiger partial charge is 0.410 e. The zero-order chi connectivity index (χ0) is 34.0. The van der Waals surface area contributed by atoms with Crippen LogP contribution in [0.2, 0.25) is 0 Å². The molecule has 0 spiro atoms. The Hall–Kier alpha value is -4.10. The molecule has 0 radical (unpaired) electrons. The number of nitrogens with zero attached hydrogens (tertiary/aromatic N) is 5. The van der Waals surface area contributed by atoms with Crippen LogP contribution >= 0.6 is 0 Å². The average Bonchev–Trinajstić information content (AvgIpc) is 3.50. The van der Waals surface area contributed by atoms with Gasteiger partial charge in [0, 0.05) is 25.2 Å². The Kier molecular flexibility index (Phi) is 11.0. The Morgan fingerprint density at radius 3 is 1.88 bits per heavy atom. The number of H-pyrrole nitrogens is 1. The minimum Gasteiger partial charge on any atom is -0.461 e. The maximum atomic E-state index is 12.0. The number of aromatic nitrogens is 4. The topological polar surface area (TPSA) is 158 Å². The minimum absolute atomic E-state index is 0.00953. The molecule has 14 heteroatoms. The molecule has 1 N–H and O–H groups in total. The zero-order valence-electron chi connectivity index (χ0n) is 28.5. The van der Waals surface area contributed by atoms with E-state index in [-0.39, 0.29) is 36.8 Å². The first kappa shape index (κ1) is 29.9. The quantitative estimate of drug-likeness (QED) is 0.357. The van der Waals surface area contributed by atoms with E-state index in [1.165, 1.54) is 22.9 Å². The fraction of sp³-hybridized carbons (Fsp3) is 0.630. The highest BCUT2D eigenvalue weighted by atomic mass is 16.6. The molecule has 0 saturated carbocycles. The van der Waals surface area contributed by atoms with Crippen molar-refractivity contribution >= 4 is 24.1 Å². The molecule has 2 rings (SSSR count). The van der Waals surface area contributed by atoms with Crippen molar-refractivity contribution in [3.05, 3.63) is 34.9 Å². The standard InChI is InChI=1S/C14H23N3O4.C13H21N3O4/c1-7-20-12(18)11-8-10(15-17(11)6)9-16(5)13(19)21-14(2,3)4;1-6-19-11(17)10-7-9(14-15-10)8-16(5)12(18)20-13(2,3)4/h8H,7,9H2,1-6H3;7H,6,8H2,1-5H3,(H,14,15)/i6D3;. The Morgan fingerprint density at radius 2 is 1.39 bits per heavy atom. The summed E-state index contributed by atoms with van der Waals surface area (Å²) in [5.41, 5.74) is -0.331. The van der Waals surface area contributed by atoms with Gasteiger partial charge in [0.1, 0.15) is 16.9 Å². The summed E-state index contributed by atoms with van der Waals surface area (Å²) in [5.74, 6) is -1.28. The summed E-state index contributed by atoms with van der Waals surface area (Å²) in [7, 11) is 3.10. The molecule has 0 fully saturated rings. The summed E-state index contributed by atoms with van der Waals surface area (Å²) in [5, 5.41) is 10.4. The number of aromatic amines is 1. The molecule has 2 amide bonds. The first-order valence-electron chi connectivity index (χ1n) is 14.4. The molecule has 2 aromatic heterocycles. The van der Waals surface area contributed by atoms with Gasteiger partial charge in [-0.3, -0.25) is 9.78 Å². The molecule has 0 aliphatic heterocycles. The van der Waals surface area contributed by atoms with Crippen LogP contribution in [0.4, 0.5) is 9.59 Å². The maximum Gasteiger partial charge on any atom is 0.410 e. The number of esters is 2. The second-order valence-electron chi connectivity index (χ2n) is 10.8.